The van der Waals surface area contributed by atoms with E-state index in [-0.39, 0.29) is 5.56 Å². The minimum absolute atomic E-state index is 0.352. The zero-order chi connectivity index (χ0) is 24.5. The van der Waals surface area contributed by atoms with Crippen LogP contribution >= 0.6 is 0 Å². The Morgan fingerprint density at radius 3 is 2.49 bits per heavy atom. The molecule has 0 radical (unpaired) electrons. The van der Waals surface area contributed by atoms with E-state index in [1.54, 1.807) is 11.4 Å². The van der Waals surface area contributed by atoms with Crippen LogP contribution in [-0.2, 0) is 14.1 Å². The highest BCUT2D eigenvalue weighted by atomic mass is 16.5. The molecule has 0 saturated heterocycles. The first-order valence-corrected chi connectivity index (χ1v) is 12.0. The zero-order valence-corrected chi connectivity index (χ0v) is 20.3. The fraction of sp³-hybridized carbons (Fsp3) is 0.296. The summed E-state index contributed by atoms with van der Waals surface area (Å²) in [5, 5.41) is 0. The Kier molecular flexibility index (Phi) is 6.03. The molecule has 180 valence electrons. The number of ether oxygens (including phenoxy) is 1. The van der Waals surface area contributed by atoms with Gasteiger partial charge in [-0.1, -0.05) is 62.6 Å². The molecule has 5 rings (SSSR count). The van der Waals surface area contributed by atoms with E-state index in [1.807, 2.05) is 65.4 Å². The molecule has 3 aromatic heterocycles. The predicted molar refractivity (Wildman–Crippen MR) is 138 cm³/mol. The van der Waals surface area contributed by atoms with Crippen LogP contribution in [0.25, 0.3) is 33.9 Å². The predicted octanol–water partition coefficient (Wildman–Crippen LogP) is 4.30. The quantitative estimate of drug-likeness (QED) is 0.316. The van der Waals surface area contributed by atoms with Gasteiger partial charge in [-0.15, -0.1) is 0 Å². The Hall–Kier alpha value is -4.07. The van der Waals surface area contributed by atoms with Gasteiger partial charge in [0.2, 0.25) is 5.78 Å². The van der Waals surface area contributed by atoms with Crippen molar-refractivity contribution < 1.29 is 4.74 Å². The van der Waals surface area contributed by atoms with Crippen molar-refractivity contribution in [1.29, 1.82) is 0 Å². The summed E-state index contributed by atoms with van der Waals surface area (Å²) in [5.74, 6) is 1.33. The fourth-order valence-corrected chi connectivity index (χ4v) is 4.47. The van der Waals surface area contributed by atoms with Gasteiger partial charge in [-0.05, 0) is 18.6 Å². The number of aryl methyl sites for hydroxylation is 1. The lowest BCUT2D eigenvalue weighted by molar-refractivity contribution is 0.305. The highest BCUT2D eigenvalue weighted by molar-refractivity contribution is 5.79. The molecule has 0 atom stereocenters. The molecule has 35 heavy (non-hydrogen) atoms. The third-order valence-electron chi connectivity index (χ3n) is 6.38. The summed E-state index contributed by atoms with van der Waals surface area (Å²) in [6.07, 6.45) is 6.48. The van der Waals surface area contributed by atoms with Crippen LogP contribution in [0.3, 0.4) is 0 Å². The van der Waals surface area contributed by atoms with Gasteiger partial charge < -0.3 is 4.74 Å². The Morgan fingerprint density at radius 2 is 1.71 bits per heavy atom. The molecule has 0 aliphatic heterocycles. The third-order valence-corrected chi connectivity index (χ3v) is 6.38. The van der Waals surface area contributed by atoms with Crippen LogP contribution in [0.5, 0.6) is 5.75 Å². The molecule has 0 N–H and O–H groups in total. The maximum absolute atomic E-state index is 13.1. The van der Waals surface area contributed by atoms with Gasteiger partial charge in [0.05, 0.1) is 18.0 Å². The van der Waals surface area contributed by atoms with Crippen molar-refractivity contribution in [2.75, 3.05) is 6.61 Å². The van der Waals surface area contributed by atoms with E-state index in [2.05, 4.69) is 6.92 Å². The fourth-order valence-electron chi connectivity index (χ4n) is 4.47. The largest absolute Gasteiger partial charge is 0.494 e. The summed E-state index contributed by atoms with van der Waals surface area (Å²) in [6, 6.07) is 17.9. The number of nitrogens with zero attached hydrogens (tertiary/aromatic N) is 5. The molecule has 0 bridgehead atoms. The van der Waals surface area contributed by atoms with E-state index < -0.39 is 5.69 Å². The maximum Gasteiger partial charge on any atom is 0.332 e. The van der Waals surface area contributed by atoms with Crippen molar-refractivity contribution in [3.63, 3.8) is 0 Å². The first-order chi connectivity index (χ1) is 17.0. The lowest BCUT2D eigenvalue weighted by Gasteiger charge is -2.12. The van der Waals surface area contributed by atoms with Crippen molar-refractivity contribution in [1.82, 2.24) is 23.1 Å². The molecule has 2 aromatic carbocycles. The van der Waals surface area contributed by atoms with Gasteiger partial charge in [-0.2, -0.15) is 4.98 Å². The van der Waals surface area contributed by atoms with Crippen molar-refractivity contribution in [3.05, 3.63) is 81.6 Å². The summed E-state index contributed by atoms with van der Waals surface area (Å²) in [7, 11) is 3.12. The molecule has 0 aliphatic carbocycles. The Bertz CT molecular complexity index is 1620. The highest BCUT2D eigenvalue weighted by Crippen LogP contribution is 2.30. The molecule has 0 aliphatic rings. The summed E-state index contributed by atoms with van der Waals surface area (Å²) in [5.41, 5.74) is 2.66. The van der Waals surface area contributed by atoms with Crippen LogP contribution in [0.15, 0.2) is 70.4 Å². The SMILES string of the molecule is CCCCCCOc1cccc(-n2c(-c3ccccc3)cn3c4c(=O)n(C)c(=O)n(C)c4nc23)c1. The lowest BCUT2D eigenvalue weighted by atomic mass is 10.1. The van der Waals surface area contributed by atoms with Gasteiger partial charge in [0.1, 0.15) is 5.75 Å². The van der Waals surface area contributed by atoms with Crippen molar-refractivity contribution in [2.45, 2.75) is 32.6 Å². The zero-order valence-electron chi connectivity index (χ0n) is 20.3. The van der Waals surface area contributed by atoms with Gasteiger partial charge >= 0.3 is 5.69 Å². The first-order valence-electron chi connectivity index (χ1n) is 12.0. The van der Waals surface area contributed by atoms with Gasteiger partial charge in [-0.3, -0.25) is 22.9 Å². The number of imidazole rings is 2. The number of rotatable bonds is 8. The Balaban J connectivity index is 1.70. The second kappa shape index (κ2) is 9.29. The molecule has 0 amide bonds. The van der Waals surface area contributed by atoms with Gasteiger partial charge in [0.15, 0.2) is 11.2 Å². The second-order valence-electron chi connectivity index (χ2n) is 8.78. The summed E-state index contributed by atoms with van der Waals surface area (Å²) in [6.45, 7) is 2.86. The molecule has 0 spiro atoms. The standard InChI is InChI=1S/C27H29N5O3/c1-4-5-6-10-16-35-21-15-11-14-20(17-21)32-22(19-12-8-7-9-13-19)18-31-23-24(28-26(31)32)29(2)27(34)30(3)25(23)33/h7-9,11-15,17-18H,4-6,10,16H2,1-3H3. The minimum atomic E-state index is -0.406. The molecule has 8 nitrogen and oxygen atoms in total. The Morgan fingerprint density at radius 1 is 0.914 bits per heavy atom. The number of hydrogen-bond donors (Lipinski definition) is 0. The van der Waals surface area contributed by atoms with E-state index >= 15 is 0 Å². The normalized spacial score (nSPS) is 11.5. The molecule has 0 fully saturated rings. The van der Waals surface area contributed by atoms with Crippen molar-refractivity contribution in [3.8, 4) is 22.7 Å². The highest BCUT2D eigenvalue weighted by Gasteiger charge is 2.21. The number of unbranched alkanes of at least 4 members (excludes halogenated alkanes) is 3. The number of hydrogen-bond acceptors (Lipinski definition) is 4. The molecule has 0 unspecified atom stereocenters. The summed E-state index contributed by atoms with van der Waals surface area (Å²) in [4.78, 5) is 30.3. The average molecular weight is 472 g/mol. The van der Waals surface area contributed by atoms with Crippen LogP contribution in [-0.4, -0.2) is 29.7 Å². The number of benzene rings is 2. The molecule has 0 saturated carbocycles. The van der Waals surface area contributed by atoms with E-state index in [0.29, 0.717) is 23.5 Å². The van der Waals surface area contributed by atoms with E-state index in [4.69, 9.17) is 9.72 Å². The number of fused-ring (bicyclic) bond motifs is 3. The van der Waals surface area contributed by atoms with E-state index in [9.17, 15) is 9.59 Å². The van der Waals surface area contributed by atoms with Crippen LogP contribution in [0.4, 0.5) is 0 Å². The number of aromatic nitrogens is 5. The van der Waals surface area contributed by atoms with E-state index in [1.165, 1.54) is 24.5 Å². The Labute approximate surface area is 202 Å². The van der Waals surface area contributed by atoms with Crippen LogP contribution < -0.4 is 16.0 Å². The molecular formula is C27H29N5O3. The van der Waals surface area contributed by atoms with E-state index in [0.717, 1.165) is 40.1 Å². The summed E-state index contributed by atoms with van der Waals surface area (Å²) >= 11 is 0. The monoisotopic (exact) mass is 471 g/mol. The first kappa shape index (κ1) is 22.7. The second-order valence-corrected chi connectivity index (χ2v) is 8.78. The smallest absolute Gasteiger partial charge is 0.332 e. The lowest BCUT2D eigenvalue weighted by Crippen LogP contribution is -2.37. The topological polar surface area (TPSA) is 75.5 Å². The van der Waals surface area contributed by atoms with Crippen LogP contribution in [0, 0.1) is 0 Å². The summed E-state index contributed by atoms with van der Waals surface area (Å²) < 4.78 is 12.3. The molecular weight excluding hydrogens is 442 g/mol. The van der Waals surface area contributed by atoms with Gasteiger partial charge in [-0.25, -0.2) is 4.79 Å². The van der Waals surface area contributed by atoms with Crippen LogP contribution in [0.2, 0.25) is 0 Å². The minimum Gasteiger partial charge on any atom is -0.494 e. The average Bonchev–Trinajstić information content (AvgIpc) is 3.43. The van der Waals surface area contributed by atoms with Crippen LogP contribution in [0.1, 0.15) is 32.6 Å². The van der Waals surface area contributed by atoms with Crippen molar-refractivity contribution in [2.24, 2.45) is 14.1 Å². The molecule has 5 aromatic rings. The van der Waals surface area contributed by atoms with Gasteiger partial charge in [0, 0.05) is 31.9 Å². The molecule has 3 heterocycles. The third kappa shape index (κ3) is 3.95. The molecule has 8 heteroatoms. The van der Waals surface area contributed by atoms with Crippen molar-refractivity contribution >= 4 is 16.9 Å². The maximum atomic E-state index is 13.1. The van der Waals surface area contributed by atoms with Gasteiger partial charge in [0.25, 0.3) is 5.56 Å².